The second-order valence-electron chi connectivity index (χ2n) is 4.41. The Morgan fingerprint density at radius 3 is 2.90 bits per heavy atom. The lowest BCUT2D eigenvalue weighted by molar-refractivity contribution is 0.711. The maximum Gasteiger partial charge on any atom is 0.250 e. The molecule has 0 unspecified atom stereocenters. The van der Waals surface area contributed by atoms with E-state index in [1.807, 2.05) is 13.1 Å². The molecule has 3 aromatic rings. The first kappa shape index (κ1) is 12.3. The molecule has 20 heavy (non-hydrogen) atoms. The molecule has 3 heterocycles. The Morgan fingerprint density at radius 1 is 1.30 bits per heavy atom. The summed E-state index contributed by atoms with van der Waals surface area (Å²) in [6.45, 7) is 0.329. The highest BCUT2D eigenvalue weighted by atomic mass is 16.1. The van der Waals surface area contributed by atoms with Crippen LogP contribution in [-0.2, 0) is 13.6 Å². The average Bonchev–Trinajstić information content (AvgIpc) is 2.82. The molecule has 0 aliphatic heterocycles. The summed E-state index contributed by atoms with van der Waals surface area (Å²) in [5, 5.41) is 8.07. The Balaban J connectivity index is 2.10. The third-order valence-electron chi connectivity index (χ3n) is 3.09. The van der Waals surface area contributed by atoms with Gasteiger partial charge in [-0.1, -0.05) is 6.07 Å². The highest BCUT2D eigenvalue weighted by Gasteiger charge is 2.11. The van der Waals surface area contributed by atoms with E-state index >= 15 is 0 Å². The molecule has 0 saturated heterocycles. The van der Waals surface area contributed by atoms with Gasteiger partial charge in [-0.3, -0.25) is 9.48 Å². The van der Waals surface area contributed by atoms with Crippen molar-refractivity contribution in [3.8, 4) is 0 Å². The van der Waals surface area contributed by atoms with Gasteiger partial charge in [0, 0.05) is 26.4 Å². The van der Waals surface area contributed by atoms with Crippen molar-refractivity contribution in [1.29, 1.82) is 0 Å². The van der Waals surface area contributed by atoms with Crippen LogP contribution in [-0.4, -0.2) is 31.4 Å². The zero-order chi connectivity index (χ0) is 14.1. The molecule has 0 amide bonds. The molecule has 0 aliphatic carbocycles. The highest BCUT2D eigenvalue weighted by Crippen LogP contribution is 2.18. The molecule has 7 nitrogen and oxygen atoms in total. The van der Waals surface area contributed by atoms with Gasteiger partial charge in [0.1, 0.15) is 5.82 Å². The van der Waals surface area contributed by atoms with Crippen LogP contribution in [0.4, 0.5) is 5.82 Å². The first-order chi connectivity index (χ1) is 9.69. The van der Waals surface area contributed by atoms with Crippen LogP contribution in [0.1, 0.15) is 5.82 Å². The van der Waals surface area contributed by atoms with E-state index in [0.717, 1.165) is 11.0 Å². The fourth-order valence-electron chi connectivity index (χ4n) is 2.07. The number of hydrogen-bond donors (Lipinski definition) is 1. The highest BCUT2D eigenvalue weighted by molar-refractivity contribution is 5.86. The minimum atomic E-state index is -0.0767. The number of rotatable bonds is 3. The second kappa shape index (κ2) is 4.76. The van der Waals surface area contributed by atoms with Crippen LogP contribution in [0.25, 0.3) is 11.0 Å². The smallest absolute Gasteiger partial charge is 0.250 e. The van der Waals surface area contributed by atoms with E-state index in [1.54, 1.807) is 34.8 Å². The molecule has 1 N–H and O–H groups in total. The van der Waals surface area contributed by atoms with Crippen LogP contribution in [0.15, 0.2) is 35.4 Å². The van der Waals surface area contributed by atoms with E-state index in [0.29, 0.717) is 18.2 Å². The van der Waals surface area contributed by atoms with Crippen LogP contribution < -0.4 is 10.9 Å². The van der Waals surface area contributed by atoms with Gasteiger partial charge in [-0.2, -0.15) is 5.10 Å². The van der Waals surface area contributed by atoms with Crippen molar-refractivity contribution >= 4 is 16.9 Å². The third kappa shape index (κ3) is 2.03. The summed E-state index contributed by atoms with van der Waals surface area (Å²) in [5.74, 6) is 1.28. The number of nitrogens with zero attached hydrogens (tertiary/aromatic N) is 5. The molecule has 0 radical (unpaired) electrons. The van der Waals surface area contributed by atoms with Gasteiger partial charge in [0.25, 0.3) is 5.56 Å². The van der Waals surface area contributed by atoms with E-state index in [2.05, 4.69) is 20.4 Å². The van der Waals surface area contributed by atoms with Crippen LogP contribution in [0, 0.1) is 0 Å². The monoisotopic (exact) mass is 270 g/mol. The summed E-state index contributed by atoms with van der Waals surface area (Å²) in [5.41, 5.74) is 0.663. The largest absolute Gasteiger partial charge is 0.372 e. The van der Waals surface area contributed by atoms with E-state index < -0.39 is 0 Å². The lowest BCUT2D eigenvalue weighted by Gasteiger charge is -2.07. The molecular formula is C13H14N6O. The SMILES string of the molecule is CNc1nc(Cn2ccccc2=O)nc2c1cnn2C. The minimum Gasteiger partial charge on any atom is -0.372 e. The average molecular weight is 270 g/mol. The van der Waals surface area contributed by atoms with Crippen molar-refractivity contribution in [3.05, 3.63) is 46.8 Å². The Bertz CT molecular complexity index is 819. The maximum atomic E-state index is 11.7. The lowest BCUT2D eigenvalue weighted by Crippen LogP contribution is -2.20. The normalized spacial score (nSPS) is 10.9. The third-order valence-corrected chi connectivity index (χ3v) is 3.09. The number of aryl methyl sites for hydroxylation is 1. The molecular weight excluding hydrogens is 256 g/mol. The Morgan fingerprint density at radius 2 is 2.15 bits per heavy atom. The second-order valence-corrected chi connectivity index (χ2v) is 4.41. The van der Waals surface area contributed by atoms with Gasteiger partial charge in [0.2, 0.25) is 0 Å². The van der Waals surface area contributed by atoms with Crippen molar-refractivity contribution in [1.82, 2.24) is 24.3 Å². The van der Waals surface area contributed by atoms with Crippen LogP contribution >= 0.6 is 0 Å². The van der Waals surface area contributed by atoms with Crippen molar-refractivity contribution < 1.29 is 0 Å². The van der Waals surface area contributed by atoms with Crippen LogP contribution in [0.5, 0.6) is 0 Å². The van der Waals surface area contributed by atoms with Gasteiger partial charge >= 0.3 is 0 Å². The number of nitrogens with one attached hydrogen (secondary N) is 1. The molecule has 3 rings (SSSR count). The fraction of sp³-hybridized carbons (Fsp3) is 0.231. The summed E-state index contributed by atoms with van der Waals surface area (Å²) >= 11 is 0. The molecule has 3 aromatic heterocycles. The summed E-state index contributed by atoms with van der Waals surface area (Å²) < 4.78 is 3.26. The van der Waals surface area contributed by atoms with E-state index in [9.17, 15) is 4.79 Å². The van der Waals surface area contributed by atoms with E-state index in [-0.39, 0.29) is 5.56 Å². The number of fused-ring (bicyclic) bond motifs is 1. The molecule has 0 spiro atoms. The molecule has 102 valence electrons. The van der Waals surface area contributed by atoms with Crippen LogP contribution in [0.3, 0.4) is 0 Å². The topological polar surface area (TPSA) is 77.6 Å². The minimum absolute atomic E-state index is 0.0767. The summed E-state index contributed by atoms with van der Waals surface area (Å²) in [6.07, 6.45) is 3.44. The molecule has 0 aliphatic rings. The summed E-state index contributed by atoms with van der Waals surface area (Å²) in [6, 6.07) is 5.04. The van der Waals surface area contributed by atoms with Gasteiger partial charge in [0.15, 0.2) is 11.5 Å². The summed E-state index contributed by atoms with van der Waals surface area (Å²) in [7, 11) is 3.63. The van der Waals surface area contributed by atoms with Gasteiger partial charge in [-0.25, -0.2) is 9.97 Å². The molecule has 0 saturated carbocycles. The van der Waals surface area contributed by atoms with Crippen molar-refractivity contribution in [2.45, 2.75) is 6.54 Å². The molecule has 7 heteroatoms. The Labute approximate surface area is 114 Å². The zero-order valence-electron chi connectivity index (χ0n) is 11.2. The number of anilines is 1. The lowest BCUT2D eigenvalue weighted by atomic mass is 10.3. The molecule has 0 aromatic carbocycles. The van der Waals surface area contributed by atoms with Crippen molar-refractivity contribution in [3.63, 3.8) is 0 Å². The van der Waals surface area contributed by atoms with Gasteiger partial charge < -0.3 is 9.88 Å². The molecule has 0 fully saturated rings. The van der Waals surface area contributed by atoms with Gasteiger partial charge in [0.05, 0.1) is 18.1 Å². The van der Waals surface area contributed by atoms with Crippen LogP contribution in [0.2, 0.25) is 0 Å². The molecule has 0 atom stereocenters. The predicted molar refractivity (Wildman–Crippen MR) is 75.7 cm³/mol. The Hall–Kier alpha value is -2.70. The number of hydrogen-bond acceptors (Lipinski definition) is 5. The van der Waals surface area contributed by atoms with Gasteiger partial charge in [-0.15, -0.1) is 0 Å². The maximum absolute atomic E-state index is 11.7. The Kier molecular flexibility index (Phi) is 2.94. The quantitative estimate of drug-likeness (QED) is 0.754. The zero-order valence-corrected chi connectivity index (χ0v) is 11.2. The standard InChI is InChI=1S/C13H14N6O/c1-14-12-9-7-15-18(2)13(9)17-10(16-12)8-19-6-4-3-5-11(19)20/h3-7H,8H2,1-2H3,(H,14,16,17). The predicted octanol–water partition coefficient (Wildman–Crippen LogP) is 0.615. The number of aromatic nitrogens is 5. The summed E-state index contributed by atoms with van der Waals surface area (Å²) in [4.78, 5) is 20.6. The molecule has 0 bridgehead atoms. The van der Waals surface area contributed by atoms with Gasteiger partial charge in [-0.05, 0) is 6.07 Å². The van der Waals surface area contributed by atoms with E-state index in [1.165, 1.54) is 6.07 Å². The van der Waals surface area contributed by atoms with Crippen molar-refractivity contribution in [2.75, 3.05) is 12.4 Å². The first-order valence-electron chi connectivity index (χ1n) is 6.21. The first-order valence-corrected chi connectivity index (χ1v) is 6.21. The fourth-order valence-corrected chi connectivity index (χ4v) is 2.07. The van der Waals surface area contributed by atoms with Crippen molar-refractivity contribution in [2.24, 2.45) is 7.05 Å². The van der Waals surface area contributed by atoms with E-state index in [4.69, 9.17) is 0 Å². The number of pyridine rings is 1.